The number of fused-ring (bicyclic) bond motifs is 1. The van der Waals surface area contributed by atoms with Crippen LogP contribution in [0, 0.1) is 6.92 Å². The minimum absolute atomic E-state index is 0.250. The van der Waals surface area contributed by atoms with E-state index in [1.165, 1.54) is 0 Å². The van der Waals surface area contributed by atoms with Gasteiger partial charge in [-0.1, -0.05) is 22.0 Å². The number of aliphatic hydroxyl groups is 2. The van der Waals surface area contributed by atoms with E-state index in [2.05, 4.69) is 25.9 Å². The summed E-state index contributed by atoms with van der Waals surface area (Å²) in [5.74, 6) is 0.543. The first-order chi connectivity index (χ1) is 8.52. The molecule has 2 aromatic rings. The maximum atomic E-state index is 11.8. The predicted molar refractivity (Wildman–Crippen MR) is 71.9 cm³/mol. The van der Waals surface area contributed by atoms with Gasteiger partial charge in [0.15, 0.2) is 0 Å². The molecule has 0 aliphatic rings. The van der Waals surface area contributed by atoms with Gasteiger partial charge in [-0.3, -0.25) is 4.79 Å². The third-order valence-electron chi connectivity index (χ3n) is 2.71. The summed E-state index contributed by atoms with van der Waals surface area (Å²) in [4.78, 5) is 18.6. The van der Waals surface area contributed by atoms with E-state index >= 15 is 0 Å². The zero-order chi connectivity index (χ0) is 13.3. The Morgan fingerprint density at radius 2 is 2.17 bits per heavy atom. The molecule has 0 amide bonds. The van der Waals surface area contributed by atoms with Gasteiger partial charge < -0.3 is 15.2 Å². The second-order valence-electron chi connectivity index (χ2n) is 4.09. The smallest absolute Gasteiger partial charge is 0.258 e. The molecule has 0 aliphatic carbocycles. The maximum absolute atomic E-state index is 11.8. The fraction of sp³-hybridized carbons (Fsp3) is 0.333. The first-order valence-corrected chi connectivity index (χ1v) is 6.57. The highest BCUT2D eigenvalue weighted by Crippen LogP contribution is 2.20. The third-order valence-corrected chi connectivity index (χ3v) is 3.38. The number of aromatic nitrogens is 2. The lowest BCUT2D eigenvalue weighted by molar-refractivity contribution is 0.0343. The standard InChI is InChI=1S/C12H13BrN2O3/c1-6-14-9-3-2-7(11(17)10(16)5-13)4-8(9)12(18)15-6/h2-4,10-11,16-17H,5H2,1H3,(H,14,15,18). The van der Waals surface area contributed by atoms with E-state index in [4.69, 9.17) is 0 Å². The van der Waals surface area contributed by atoms with Crippen LogP contribution in [0.3, 0.4) is 0 Å². The molecule has 1 aromatic heterocycles. The molecule has 0 fully saturated rings. The fourth-order valence-electron chi connectivity index (χ4n) is 1.76. The van der Waals surface area contributed by atoms with Gasteiger partial charge >= 0.3 is 0 Å². The van der Waals surface area contributed by atoms with Gasteiger partial charge in [0.1, 0.15) is 11.9 Å². The van der Waals surface area contributed by atoms with Crippen LogP contribution in [-0.4, -0.2) is 31.6 Å². The van der Waals surface area contributed by atoms with Crippen LogP contribution in [0.1, 0.15) is 17.5 Å². The molecule has 1 aromatic carbocycles. The third kappa shape index (κ3) is 2.45. The van der Waals surface area contributed by atoms with Crippen LogP contribution in [0.5, 0.6) is 0 Å². The number of rotatable bonds is 3. The lowest BCUT2D eigenvalue weighted by Crippen LogP contribution is -2.20. The number of alkyl halides is 1. The van der Waals surface area contributed by atoms with Crippen molar-refractivity contribution < 1.29 is 10.2 Å². The highest BCUT2D eigenvalue weighted by molar-refractivity contribution is 9.09. The summed E-state index contributed by atoms with van der Waals surface area (Å²) in [6, 6.07) is 4.87. The molecule has 2 unspecified atom stereocenters. The van der Waals surface area contributed by atoms with Gasteiger partial charge in [0.25, 0.3) is 5.56 Å². The molecule has 0 aliphatic heterocycles. The fourth-order valence-corrected chi connectivity index (χ4v) is 2.12. The molecule has 96 valence electrons. The summed E-state index contributed by atoms with van der Waals surface area (Å²) in [5.41, 5.74) is 0.811. The van der Waals surface area contributed by atoms with E-state index in [0.29, 0.717) is 22.3 Å². The molecule has 0 bridgehead atoms. The molecule has 5 nitrogen and oxygen atoms in total. The number of nitrogens with zero attached hydrogens (tertiary/aromatic N) is 1. The van der Waals surface area contributed by atoms with E-state index in [-0.39, 0.29) is 10.9 Å². The molecule has 0 saturated heterocycles. The second kappa shape index (κ2) is 5.17. The topological polar surface area (TPSA) is 86.2 Å². The van der Waals surface area contributed by atoms with Crippen LogP contribution in [0.4, 0.5) is 0 Å². The molecule has 2 rings (SSSR count). The van der Waals surface area contributed by atoms with Crippen LogP contribution >= 0.6 is 15.9 Å². The van der Waals surface area contributed by atoms with Gasteiger partial charge in [-0.15, -0.1) is 0 Å². The summed E-state index contributed by atoms with van der Waals surface area (Å²) in [6.45, 7) is 1.71. The molecule has 18 heavy (non-hydrogen) atoms. The molecular weight excluding hydrogens is 300 g/mol. The van der Waals surface area contributed by atoms with E-state index in [1.54, 1.807) is 25.1 Å². The van der Waals surface area contributed by atoms with Crippen molar-refractivity contribution in [2.45, 2.75) is 19.1 Å². The molecule has 6 heteroatoms. The van der Waals surface area contributed by atoms with Crippen LogP contribution in [0.25, 0.3) is 10.9 Å². The highest BCUT2D eigenvalue weighted by atomic mass is 79.9. The summed E-state index contributed by atoms with van der Waals surface area (Å²) in [6.07, 6.45) is -1.95. The van der Waals surface area contributed by atoms with E-state index in [1.807, 2.05) is 0 Å². The van der Waals surface area contributed by atoms with Gasteiger partial charge in [-0.05, 0) is 24.6 Å². The Bertz CT molecular complexity index is 626. The average molecular weight is 313 g/mol. The Morgan fingerprint density at radius 3 is 2.83 bits per heavy atom. The van der Waals surface area contributed by atoms with Crippen LogP contribution < -0.4 is 5.56 Å². The van der Waals surface area contributed by atoms with Crippen molar-refractivity contribution in [1.29, 1.82) is 0 Å². The van der Waals surface area contributed by atoms with Crippen LogP contribution in [0.15, 0.2) is 23.0 Å². The van der Waals surface area contributed by atoms with Crippen molar-refractivity contribution in [1.82, 2.24) is 9.97 Å². The van der Waals surface area contributed by atoms with Crippen molar-refractivity contribution in [3.05, 3.63) is 39.9 Å². The van der Waals surface area contributed by atoms with Crippen LogP contribution in [0.2, 0.25) is 0 Å². The van der Waals surface area contributed by atoms with E-state index < -0.39 is 12.2 Å². The first-order valence-electron chi connectivity index (χ1n) is 5.45. The van der Waals surface area contributed by atoms with Gasteiger partial charge in [0.2, 0.25) is 0 Å². The number of aromatic amines is 1. The number of aliphatic hydroxyl groups excluding tert-OH is 2. The molecule has 0 radical (unpaired) electrons. The van der Waals surface area contributed by atoms with Crippen molar-refractivity contribution >= 4 is 26.8 Å². The largest absolute Gasteiger partial charge is 0.389 e. The van der Waals surface area contributed by atoms with Crippen molar-refractivity contribution in [2.24, 2.45) is 0 Å². The number of hydrogen-bond donors (Lipinski definition) is 3. The quantitative estimate of drug-likeness (QED) is 0.739. The second-order valence-corrected chi connectivity index (χ2v) is 4.74. The predicted octanol–water partition coefficient (Wildman–Crippen LogP) is 1.02. The molecule has 0 saturated carbocycles. The lowest BCUT2D eigenvalue weighted by atomic mass is 10.0. The molecule has 3 N–H and O–H groups in total. The number of halogens is 1. The number of aryl methyl sites for hydroxylation is 1. The van der Waals surface area contributed by atoms with Gasteiger partial charge in [-0.25, -0.2) is 4.98 Å². The monoisotopic (exact) mass is 312 g/mol. The lowest BCUT2D eigenvalue weighted by Gasteiger charge is -2.16. The van der Waals surface area contributed by atoms with E-state index in [0.717, 1.165) is 0 Å². The average Bonchev–Trinajstić information content (AvgIpc) is 2.36. The van der Waals surface area contributed by atoms with Gasteiger partial charge in [-0.2, -0.15) is 0 Å². The minimum atomic E-state index is -1.03. The van der Waals surface area contributed by atoms with Crippen molar-refractivity contribution in [3.8, 4) is 0 Å². The first kappa shape index (κ1) is 13.2. The van der Waals surface area contributed by atoms with Crippen molar-refractivity contribution in [3.63, 3.8) is 0 Å². The highest BCUT2D eigenvalue weighted by Gasteiger charge is 2.17. The molecule has 2 atom stereocenters. The molecule has 0 spiro atoms. The Kier molecular flexibility index (Phi) is 3.79. The minimum Gasteiger partial charge on any atom is -0.389 e. The Labute approximate surface area is 112 Å². The zero-order valence-corrected chi connectivity index (χ0v) is 11.3. The molecule has 1 heterocycles. The number of benzene rings is 1. The maximum Gasteiger partial charge on any atom is 0.258 e. The number of nitrogens with one attached hydrogen (secondary N) is 1. The van der Waals surface area contributed by atoms with Gasteiger partial charge in [0, 0.05) is 5.33 Å². The van der Waals surface area contributed by atoms with Crippen LogP contribution in [-0.2, 0) is 0 Å². The Balaban J connectivity index is 2.54. The summed E-state index contributed by atoms with van der Waals surface area (Å²) >= 11 is 3.10. The Morgan fingerprint density at radius 1 is 1.44 bits per heavy atom. The van der Waals surface area contributed by atoms with E-state index in [9.17, 15) is 15.0 Å². The van der Waals surface area contributed by atoms with Crippen molar-refractivity contribution in [2.75, 3.05) is 5.33 Å². The van der Waals surface area contributed by atoms with Gasteiger partial charge in [0.05, 0.1) is 17.0 Å². The SMILES string of the molecule is Cc1nc2ccc(C(O)C(O)CBr)cc2c(=O)[nH]1. The summed E-state index contributed by atoms with van der Waals surface area (Å²) in [7, 11) is 0. The zero-order valence-electron chi connectivity index (χ0n) is 9.72. The Hall–Kier alpha value is -1.24. The molecular formula is C12H13BrN2O3. The normalized spacial score (nSPS) is 14.7. The number of hydrogen-bond acceptors (Lipinski definition) is 4. The summed E-state index contributed by atoms with van der Waals surface area (Å²) in [5, 5.41) is 20.1. The summed E-state index contributed by atoms with van der Waals surface area (Å²) < 4.78 is 0. The number of H-pyrrole nitrogens is 1.